The predicted molar refractivity (Wildman–Crippen MR) is 170 cm³/mol. The highest BCUT2D eigenvalue weighted by molar-refractivity contribution is 7.92. The van der Waals surface area contributed by atoms with Crippen LogP contribution in [0.15, 0.2) is 95.5 Å². The van der Waals surface area contributed by atoms with Crippen LogP contribution in [0.5, 0.6) is 0 Å². The van der Waals surface area contributed by atoms with E-state index >= 15 is 0 Å². The number of aromatic nitrogens is 1. The predicted octanol–water partition coefficient (Wildman–Crippen LogP) is 7.79. The maximum Gasteiger partial charge on any atom is 0.416 e. The summed E-state index contributed by atoms with van der Waals surface area (Å²) in [6.45, 7) is 1.95. The number of hydrogen-bond acceptors (Lipinski definition) is 4. The quantitative estimate of drug-likeness (QED) is 0.203. The van der Waals surface area contributed by atoms with Crippen molar-refractivity contribution < 1.29 is 30.8 Å². The van der Waals surface area contributed by atoms with Gasteiger partial charge in [-0.1, -0.05) is 35.9 Å². The molecule has 0 spiro atoms. The molecule has 6 rings (SSSR count). The zero-order chi connectivity index (χ0) is 32.3. The van der Waals surface area contributed by atoms with Gasteiger partial charge in [0.1, 0.15) is 11.3 Å². The standard InChI is InChI=1S/C34H28F3N3O4S/c1-20-5-7-21(8-6-20)32-31(33(41)38-2)27-18-26(29(19-30(27)44-32)39(3)45(4,42)43)22-9-14-28-23(17-22)15-16-40(28)25-12-10-24(11-13-25)34(35,36)37/h5-19H,1-4H3,(H,38,41). The Morgan fingerprint density at radius 3 is 2.20 bits per heavy atom. The van der Waals surface area contributed by atoms with Gasteiger partial charge in [0, 0.05) is 53.9 Å². The van der Waals surface area contributed by atoms with Crippen LogP contribution in [0, 0.1) is 6.92 Å². The van der Waals surface area contributed by atoms with Gasteiger partial charge >= 0.3 is 6.18 Å². The van der Waals surface area contributed by atoms with Crippen LogP contribution >= 0.6 is 0 Å². The Morgan fingerprint density at radius 2 is 1.58 bits per heavy atom. The number of nitrogens with one attached hydrogen (secondary N) is 1. The van der Waals surface area contributed by atoms with Crippen molar-refractivity contribution in [3.63, 3.8) is 0 Å². The first-order valence-electron chi connectivity index (χ1n) is 13.9. The minimum Gasteiger partial charge on any atom is -0.455 e. The number of carbonyl (C=O) groups excluding carboxylic acids is 1. The van der Waals surface area contributed by atoms with Gasteiger partial charge in [-0.2, -0.15) is 13.2 Å². The summed E-state index contributed by atoms with van der Waals surface area (Å²) >= 11 is 0. The molecule has 45 heavy (non-hydrogen) atoms. The first-order chi connectivity index (χ1) is 21.3. The number of hydrogen-bond donors (Lipinski definition) is 1. The van der Waals surface area contributed by atoms with Crippen LogP contribution in [0.25, 0.3) is 50.0 Å². The van der Waals surface area contributed by atoms with Gasteiger partial charge in [-0.05, 0) is 61.0 Å². The summed E-state index contributed by atoms with van der Waals surface area (Å²) in [4.78, 5) is 13.2. The SMILES string of the molecule is CNC(=O)c1c(-c2ccc(C)cc2)oc2cc(N(C)S(C)(=O)=O)c(-c3ccc4c(ccn4-c4ccc(C(F)(F)F)cc4)c3)cc12. The lowest BCUT2D eigenvalue weighted by Crippen LogP contribution is -2.25. The number of rotatable bonds is 6. The van der Waals surface area contributed by atoms with E-state index in [2.05, 4.69) is 5.32 Å². The first kappa shape index (κ1) is 30.0. The van der Waals surface area contributed by atoms with Gasteiger partial charge < -0.3 is 14.3 Å². The summed E-state index contributed by atoms with van der Waals surface area (Å²) in [6, 6.07) is 23.2. The fourth-order valence-corrected chi connectivity index (χ4v) is 5.92. The van der Waals surface area contributed by atoms with Crippen LogP contribution in [0.2, 0.25) is 0 Å². The average molecular weight is 632 g/mol. The van der Waals surface area contributed by atoms with Crippen molar-refractivity contribution in [1.29, 1.82) is 0 Å². The second kappa shape index (κ2) is 10.8. The lowest BCUT2D eigenvalue weighted by molar-refractivity contribution is -0.137. The van der Waals surface area contributed by atoms with Gasteiger partial charge in [0.05, 0.1) is 28.6 Å². The van der Waals surface area contributed by atoms with Crippen LogP contribution in [-0.2, 0) is 16.2 Å². The number of furan rings is 1. The van der Waals surface area contributed by atoms with Crippen molar-refractivity contribution in [2.24, 2.45) is 0 Å². The minimum atomic E-state index is -4.43. The number of benzene rings is 4. The molecule has 0 saturated carbocycles. The molecule has 7 nitrogen and oxygen atoms in total. The first-order valence-corrected chi connectivity index (χ1v) is 15.7. The number of alkyl halides is 3. The number of aryl methyl sites for hydroxylation is 1. The van der Waals surface area contributed by atoms with Gasteiger partial charge in [0.2, 0.25) is 10.0 Å². The van der Waals surface area contributed by atoms with E-state index in [1.54, 1.807) is 22.9 Å². The molecule has 1 amide bonds. The van der Waals surface area contributed by atoms with Gasteiger partial charge in [-0.25, -0.2) is 8.42 Å². The second-order valence-corrected chi connectivity index (χ2v) is 12.9. The third-order valence-corrected chi connectivity index (χ3v) is 9.08. The second-order valence-electron chi connectivity index (χ2n) is 10.9. The maximum absolute atomic E-state index is 13.2. The fraction of sp³-hybridized carbons (Fsp3) is 0.147. The normalized spacial score (nSPS) is 12.2. The summed E-state index contributed by atoms with van der Waals surface area (Å²) in [7, 11) is -0.719. The molecule has 4 aromatic carbocycles. The minimum absolute atomic E-state index is 0.320. The van der Waals surface area contributed by atoms with Crippen molar-refractivity contribution >= 4 is 43.5 Å². The molecule has 0 atom stereocenters. The van der Waals surface area contributed by atoms with E-state index in [-0.39, 0.29) is 5.91 Å². The number of sulfonamides is 1. The van der Waals surface area contributed by atoms with E-state index < -0.39 is 21.8 Å². The van der Waals surface area contributed by atoms with Crippen molar-refractivity contribution in [1.82, 2.24) is 9.88 Å². The average Bonchev–Trinajstić information content (AvgIpc) is 3.60. The van der Waals surface area contributed by atoms with Gasteiger partial charge in [0.15, 0.2) is 0 Å². The molecule has 0 fully saturated rings. The zero-order valence-electron chi connectivity index (χ0n) is 24.7. The van der Waals surface area contributed by atoms with Crippen LogP contribution in [0.3, 0.4) is 0 Å². The van der Waals surface area contributed by atoms with E-state index in [0.29, 0.717) is 50.4 Å². The Balaban J connectivity index is 1.54. The molecule has 0 aliphatic heterocycles. The molecule has 0 bridgehead atoms. The zero-order valence-corrected chi connectivity index (χ0v) is 25.5. The molecule has 2 heterocycles. The summed E-state index contributed by atoms with van der Waals surface area (Å²) in [5, 5.41) is 3.97. The summed E-state index contributed by atoms with van der Waals surface area (Å²) < 4.78 is 74.0. The summed E-state index contributed by atoms with van der Waals surface area (Å²) in [6.07, 6.45) is -1.57. The van der Waals surface area contributed by atoms with Crippen molar-refractivity contribution in [2.45, 2.75) is 13.1 Å². The Hall–Kier alpha value is -5.03. The highest BCUT2D eigenvalue weighted by atomic mass is 32.2. The van der Waals surface area contributed by atoms with Crippen molar-refractivity contribution in [3.8, 4) is 28.1 Å². The molecule has 230 valence electrons. The number of anilines is 1. The molecule has 2 aromatic heterocycles. The fourth-order valence-electron chi connectivity index (χ4n) is 5.41. The molecule has 1 N–H and O–H groups in total. The summed E-state index contributed by atoms with van der Waals surface area (Å²) in [5.41, 5.74) is 4.52. The van der Waals surface area contributed by atoms with E-state index in [1.165, 1.54) is 26.2 Å². The number of fused-ring (bicyclic) bond motifs is 2. The summed E-state index contributed by atoms with van der Waals surface area (Å²) in [5.74, 6) is 0.00194. The molecule has 11 heteroatoms. The van der Waals surface area contributed by atoms with Gasteiger partial charge in [-0.3, -0.25) is 9.10 Å². The van der Waals surface area contributed by atoms with E-state index in [9.17, 15) is 26.4 Å². The Kier molecular flexibility index (Phi) is 7.24. The Bertz CT molecular complexity index is 2200. The van der Waals surface area contributed by atoms with Crippen LogP contribution < -0.4 is 9.62 Å². The van der Waals surface area contributed by atoms with Gasteiger partial charge in [-0.15, -0.1) is 0 Å². The third-order valence-electron chi connectivity index (χ3n) is 7.88. The lowest BCUT2D eigenvalue weighted by Gasteiger charge is -2.21. The number of halogens is 3. The molecule has 0 aliphatic rings. The van der Waals surface area contributed by atoms with E-state index in [0.717, 1.165) is 39.2 Å². The lowest BCUT2D eigenvalue weighted by atomic mass is 9.97. The van der Waals surface area contributed by atoms with Gasteiger partial charge in [0.25, 0.3) is 5.91 Å². The maximum atomic E-state index is 13.2. The smallest absolute Gasteiger partial charge is 0.416 e. The van der Waals surface area contributed by atoms with Crippen LogP contribution in [0.1, 0.15) is 21.5 Å². The Labute approximate surface area is 257 Å². The molecule has 6 aromatic rings. The van der Waals surface area contributed by atoms with Crippen LogP contribution in [-0.4, -0.2) is 39.2 Å². The highest BCUT2D eigenvalue weighted by Crippen LogP contribution is 2.42. The van der Waals surface area contributed by atoms with Crippen LogP contribution in [0.4, 0.5) is 18.9 Å². The molecule has 0 aliphatic carbocycles. The highest BCUT2D eigenvalue weighted by Gasteiger charge is 2.30. The van der Waals surface area contributed by atoms with Crippen molar-refractivity contribution in [3.05, 3.63) is 108 Å². The number of amides is 1. The Morgan fingerprint density at radius 1 is 0.911 bits per heavy atom. The number of nitrogens with zero attached hydrogens (tertiary/aromatic N) is 2. The van der Waals surface area contributed by atoms with E-state index in [4.69, 9.17) is 4.42 Å². The molecular formula is C34H28F3N3O4S. The molecule has 0 saturated heterocycles. The third kappa shape index (κ3) is 5.44. The monoisotopic (exact) mass is 631 g/mol. The topological polar surface area (TPSA) is 84.6 Å². The largest absolute Gasteiger partial charge is 0.455 e. The molecular weight excluding hydrogens is 603 g/mol. The molecule has 0 radical (unpaired) electrons. The number of carbonyl (C=O) groups is 1. The molecule has 0 unspecified atom stereocenters. The van der Waals surface area contributed by atoms with E-state index in [1.807, 2.05) is 55.5 Å². The van der Waals surface area contributed by atoms with Crippen molar-refractivity contribution in [2.75, 3.05) is 24.7 Å².